The first-order chi connectivity index (χ1) is 10.8. The Labute approximate surface area is 126 Å². The lowest BCUT2D eigenvalue weighted by molar-refractivity contribution is -0.383. The number of nitro benzene ring substituents is 1. The lowest BCUT2D eigenvalue weighted by Gasteiger charge is -2.05. The van der Waals surface area contributed by atoms with Crippen LogP contribution in [0.3, 0.4) is 0 Å². The van der Waals surface area contributed by atoms with Gasteiger partial charge in [-0.3, -0.25) is 10.1 Å². The van der Waals surface area contributed by atoms with E-state index >= 15 is 0 Å². The molecular formula is C14H8F3N3O3. The second-order valence-corrected chi connectivity index (χ2v) is 4.78. The van der Waals surface area contributed by atoms with Gasteiger partial charge in [-0.1, -0.05) is 0 Å². The van der Waals surface area contributed by atoms with E-state index in [9.17, 15) is 28.4 Å². The Balaban J connectivity index is 2.23. The average Bonchev–Trinajstić information content (AvgIpc) is 2.89. The number of hydrogen-bond acceptors (Lipinski definition) is 4. The maximum Gasteiger partial charge on any atom is 0.416 e. The molecular weight excluding hydrogens is 315 g/mol. The molecule has 9 heteroatoms. The van der Waals surface area contributed by atoms with Crippen LogP contribution in [0.2, 0.25) is 0 Å². The Morgan fingerprint density at radius 1 is 1.17 bits per heavy atom. The summed E-state index contributed by atoms with van der Waals surface area (Å²) in [6.07, 6.45) is -4.71. The predicted octanol–water partition coefficient (Wildman–Crippen LogP) is 3.86. The molecule has 0 aliphatic carbocycles. The zero-order valence-corrected chi connectivity index (χ0v) is 11.3. The van der Waals surface area contributed by atoms with E-state index in [4.69, 9.17) is 0 Å². The molecule has 6 nitrogen and oxygen atoms in total. The summed E-state index contributed by atoms with van der Waals surface area (Å²) >= 11 is 0. The van der Waals surface area contributed by atoms with E-state index in [1.165, 1.54) is 24.3 Å². The van der Waals surface area contributed by atoms with Crippen LogP contribution in [-0.4, -0.2) is 20.0 Å². The summed E-state index contributed by atoms with van der Waals surface area (Å²) in [6.45, 7) is 0. The van der Waals surface area contributed by atoms with Crippen LogP contribution in [0.15, 0.2) is 36.4 Å². The van der Waals surface area contributed by atoms with Crippen molar-refractivity contribution >= 4 is 16.7 Å². The molecule has 1 heterocycles. The number of nitrogens with zero attached hydrogens (tertiary/aromatic N) is 2. The van der Waals surface area contributed by atoms with Crippen LogP contribution in [0, 0.1) is 10.1 Å². The van der Waals surface area contributed by atoms with Crippen molar-refractivity contribution in [1.82, 2.24) is 9.97 Å². The van der Waals surface area contributed by atoms with Gasteiger partial charge >= 0.3 is 6.18 Å². The first-order valence-corrected chi connectivity index (χ1v) is 6.30. The van der Waals surface area contributed by atoms with Gasteiger partial charge in [0.1, 0.15) is 11.6 Å². The molecule has 0 radical (unpaired) electrons. The summed E-state index contributed by atoms with van der Waals surface area (Å²) in [4.78, 5) is 16.8. The minimum Gasteiger partial charge on any atom is -0.508 e. The first-order valence-electron chi connectivity index (χ1n) is 6.30. The maximum absolute atomic E-state index is 12.8. The van der Waals surface area contributed by atoms with Gasteiger partial charge < -0.3 is 10.1 Å². The highest BCUT2D eigenvalue weighted by atomic mass is 19.4. The smallest absolute Gasteiger partial charge is 0.416 e. The molecule has 1 aromatic heterocycles. The summed E-state index contributed by atoms with van der Waals surface area (Å²) in [5.41, 5.74) is -1.63. The molecule has 3 aromatic rings. The van der Waals surface area contributed by atoms with Crippen LogP contribution in [-0.2, 0) is 6.18 Å². The Kier molecular flexibility index (Phi) is 3.20. The fraction of sp³-hybridized carbons (Fsp3) is 0.0714. The molecule has 0 saturated heterocycles. The van der Waals surface area contributed by atoms with Crippen molar-refractivity contribution in [1.29, 1.82) is 0 Å². The molecule has 23 heavy (non-hydrogen) atoms. The van der Waals surface area contributed by atoms with E-state index in [0.29, 0.717) is 11.6 Å². The third-order valence-corrected chi connectivity index (χ3v) is 3.23. The minimum absolute atomic E-state index is 0.00944. The molecule has 0 unspecified atom stereocenters. The summed E-state index contributed by atoms with van der Waals surface area (Å²) in [7, 11) is 0. The predicted molar refractivity (Wildman–Crippen MR) is 74.9 cm³/mol. The highest BCUT2D eigenvalue weighted by Gasteiger charge is 2.34. The standard InChI is InChI=1S/C14H8F3N3O3/c15-14(16,17)8-5-10-12(11(6-8)20(22)23)19-13(18-10)7-1-3-9(21)4-2-7/h1-6,21H,(H,18,19). The van der Waals surface area contributed by atoms with Crippen molar-refractivity contribution in [2.24, 2.45) is 0 Å². The number of phenols is 1. The largest absolute Gasteiger partial charge is 0.508 e. The number of nitrogens with one attached hydrogen (secondary N) is 1. The van der Waals surface area contributed by atoms with Gasteiger partial charge in [0.05, 0.1) is 16.0 Å². The lowest BCUT2D eigenvalue weighted by atomic mass is 10.1. The number of benzene rings is 2. The molecule has 0 spiro atoms. The fourth-order valence-corrected chi connectivity index (χ4v) is 2.16. The summed E-state index contributed by atoms with van der Waals surface area (Å²) in [5.74, 6) is 0.178. The number of imidazole rings is 1. The second-order valence-electron chi connectivity index (χ2n) is 4.78. The topological polar surface area (TPSA) is 92.0 Å². The number of phenolic OH excluding ortho intramolecular Hbond substituents is 1. The highest BCUT2D eigenvalue weighted by molar-refractivity contribution is 5.88. The number of fused-ring (bicyclic) bond motifs is 1. The SMILES string of the molecule is O=[N+]([O-])c1cc(C(F)(F)F)cc2[nH]c(-c3ccc(O)cc3)nc12. The molecule has 118 valence electrons. The number of aromatic amines is 1. The fourth-order valence-electron chi connectivity index (χ4n) is 2.16. The van der Waals surface area contributed by atoms with E-state index in [1.54, 1.807) is 0 Å². The molecule has 2 N–H and O–H groups in total. The molecule has 0 bridgehead atoms. The van der Waals surface area contributed by atoms with Crippen molar-refractivity contribution in [3.8, 4) is 17.1 Å². The number of hydrogen-bond donors (Lipinski definition) is 2. The quantitative estimate of drug-likeness (QED) is 0.553. The van der Waals surface area contributed by atoms with Gasteiger partial charge in [0.2, 0.25) is 0 Å². The van der Waals surface area contributed by atoms with Gasteiger partial charge in [-0.15, -0.1) is 0 Å². The Bertz CT molecular complexity index is 901. The summed E-state index contributed by atoms with van der Waals surface area (Å²) in [6, 6.07) is 6.96. The van der Waals surface area contributed by atoms with Gasteiger partial charge in [-0.2, -0.15) is 13.2 Å². The van der Waals surface area contributed by atoms with Crippen LogP contribution >= 0.6 is 0 Å². The molecule has 0 atom stereocenters. The van der Waals surface area contributed by atoms with Crippen LogP contribution in [0.5, 0.6) is 5.75 Å². The molecule has 0 amide bonds. The lowest BCUT2D eigenvalue weighted by Crippen LogP contribution is -2.05. The third kappa shape index (κ3) is 2.68. The zero-order valence-electron chi connectivity index (χ0n) is 11.3. The number of aromatic hydroxyl groups is 1. The number of non-ortho nitro benzene ring substituents is 1. The molecule has 2 aromatic carbocycles. The van der Waals surface area contributed by atoms with E-state index < -0.39 is 22.4 Å². The number of nitro groups is 1. The Morgan fingerprint density at radius 3 is 2.39 bits per heavy atom. The van der Waals surface area contributed by atoms with Gasteiger partial charge in [0, 0.05) is 11.6 Å². The molecule has 0 aliphatic heterocycles. The molecule has 3 rings (SSSR count). The number of H-pyrrole nitrogens is 1. The Hall–Kier alpha value is -3.10. The highest BCUT2D eigenvalue weighted by Crippen LogP contribution is 2.36. The van der Waals surface area contributed by atoms with E-state index in [-0.39, 0.29) is 22.6 Å². The van der Waals surface area contributed by atoms with E-state index in [2.05, 4.69) is 9.97 Å². The van der Waals surface area contributed by atoms with Gasteiger partial charge in [0.15, 0.2) is 5.52 Å². The monoisotopic (exact) mass is 323 g/mol. The normalized spacial score (nSPS) is 11.8. The van der Waals surface area contributed by atoms with Gasteiger partial charge in [-0.25, -0.2) is 4.98 Å². The second kappa shape index (κ2) is 4.97. The molecule has 0 saturated carbocycles. The van der Waals surface area contributed by atoms with Crippen molar-refractivity contribution in [2.75, 3.05) is 0 Å². The van der Waals surface area contributed by atoms with E-state index in [1.807, 2.05) is 0 Å². The van der Waals surface area contributed by atoms with Crippen molar-refractivity contribution < 1.29 is 23.2 Å². The third-order valence-electron chi connectivity index (χ3n) is 3.23. The number of alkyl halides is 3. The number of aromatic nitrogens is 2. The van der Waals surface area contributed by atoms with E-state index in [0.717, 1.165) is 6.07 Å². The zero-order chi connectivity index (χ0) is 16.8. The summed E-state index contributed by atoms with van der Waals surface area (Å²) < 4.78 is 38.5. The number of rotatable bonds is 2. The Morgan fingerprint density at radius 2 is 1.83 bits per heavy atom. The van der Waals surface area contributed by atoms with Crippen molar-refractivity contribution in [2.45, 2.75) is 6.18 Å². The number of halogens is 3. The summed E-state index contributed by atoms with van der Waals surface area (Å²) in [5, 5.41) is 20.3. The average molecular weight is 323 g/mol. The minimum atomic E-state index is -4.71. The van der Waals surface area contributed by atoms with Crippen LogP contribution < -0.4 is 0 Å². The molecule has 0 fully saturated rings. The maximum atomic E-state index is 12.8. The van der Waals surface area contributed by atoms with Crippen molar-refractivity contribution in [3.63, 3.8) is 0 Å². The van der Waals surface area contributed by atoms with Crippen LogP contribution in [0.1, 0.15) is 5.56 Å². The van der Waals surface area contributed by atoms with Crippen LogP contribution in [0.4, 0.5) is 18.9 Å². The van der Waals surface area contributed by atoms with Crippen molar-refractivity contribution in [3.05, 3.63) is 52.1 Å². The van der Waals surface area contributed by atoms with Gasteiger partial charge in [0.25, 0.3) is 5.69 Å². The first kappa shape index (κ1) is 14.8. The molecule has 0 aliphatic rings. The van der Waals surface area contributed by atoms with Crippen LogP contribution in [0.25, 0.3) is 22.4 Å². The van der Waals surface area contributed by atoms with Gasteiger partial charge in [-0.05, 0) is 30.3 Å².